The number of hydrogen-bond acceptors (Lipinski definition) is 2. The first kappa shape index (κ1) is 14.9. The molecule has 2 nitrogen and oxygen atoms in total. The lowest BCUT2D eigenvalue weighted by molar-refractivity contribution is 0.144. The van der Waals surface area contributed by atoms with E-state index in [0.717, 1.165) is 13.1 Å². The molecule has 0 rings (SSSR count). The molecule has 0 amide bonds. The van der Waals surface area contributed by atoms with Crippen LogP contribution in [-0.2, 0) is 0 Å². The van der Waals surface area contributed by atoms with Crippen molar-refractivity contribution in [1.29, 1.82) is 0 Å². The van der Waals surface area contributed by atoms with Gasteiger partial charge in [-0.2, -0.15) is 0 Å². The Morgan fingerprint density at radius 3 is 1.80 bits per heavy atom. The molecule has 0 aromatic heterocycles. The maximum Gasteiger partial charge on any atom is 0.00497 e. The summed E-state index contributed by atoms with van der Waals surface area (Å²) in [6.45, 7) is 17.2. The molecule has 0 spiro atoms. The van der Waals surface area contributed by atoms with E-state index in [2.05, 4.69) is 44.8 Å². The summed E-state index contributed by atoms with van der Waals surface area (Å²) in [5, 5.41) is 3.52. The maximum atomic E-state index is 3.52. The molecule has 0 heterocycles. The molecule has 0 aromatic rings. The third-order valence-corrected chi connectivity index (χ3v) is 3.70. The summed E-state index contributed by atoms with van der Waals surface area (Å²) >= 11 is 0. The molecule has 0 aliphatic carbocycles. The molecule has 0 aliphatic rings. The van der Waals surface area contributed by atoms with Gasteiger partial charge < -0.3 is 10.2 Å². The van der Waals surface area contributed by atoms with Gasteiger partial charge in [0.1, 0.15) is 0 Å². The van der Waals surface area contributed by atoms with Crippen LogP contribution >= 0.6 is 0 Å². The van der Waals surface area contributed by atoms with Gasteiger partial charge in [-0.3, -0.25) is 0 Å². The lowest BCUT2D eigenvalue weighted by Crippen LogP contribution is -2.43. The zero-order valence-corrected chi connectivity index (χ0v) is 11.4. The average Bonchev–Trinajstić information content (AvgIpc) is 2.30. The second-order valence-corrected chi connectivity index (χ2v) is 4.45. The van der Waals surface area contributed by atoms with E-state index < -0.39 is 0 Å². The standard InChI is InChI=1S/C13H30N2/c1-6-13(7-2,11-14-8-3)12-15(9-4)10-5/h14H,6-12H2,1-5H3. The molecule has 0 aromatic carbocycles. The van der Waals surface area contributed by atoms with E-state index in [-0.39, 0.29) is 0 Å². The van der Waals surface area contributed by atoms with Gasteiger partial charge in [-0.05, 0) is 37.9 Å². The predicted octanol–water partition coefficient (Wildman–Crippen LogP) is 2.74. The minimum absolute atomic E-state index is 0.474. The molecule has 0 bridgehead atoms. The predicted molar refractivity (Wildman–Crippen MR) is 69.3 cm³/mol. The highest BCUT2D eigenvalue weighted by Crippen LogP contribution is 2.26. The summed E-state index contributed by atoms with van der Waals surface area (Å²) in [4.78, 5) is 2.55. The summed E-state index contributed by atoms with van der Waals surface area (Å²) in [6.07, 6.45) is 2.54. The highest BCUT2D eigenvalue weighted by Gasteiger charge is 2.27. The molecule has 0 aliphatic heterocycles. The third-order valence-electron chi connectivity index (χ3n) is 3.70. The lowest BCUT2D eigenvalue weighted by Gasteiger charge is -2.36. The van der Waals surface area contributed by atoms with Gasteiger partial charge in [0.2, 0.25) is 0 Å². The summed E-state index contributed by atoms with van der Waals surface area (Å²) in [5.74, 6) is 0. The minimum atomic E-state index is 0.474. The van der Waals surface area contributed by atoms with Crippen LogP contribution in [0.1, 0.15) is 47.5 Å². The fourth-order valence-corrected chi connectivity index (χ4v) is 2.09. The van der Waals surface area contributed by atoms with Crippen LogP contribution in [0.5, 0.6) is 0 Å². The fraction of sp³-hybridized carbons (Fsp3) is 1.00. The zero-order valence-electron chi connectivity index (χ0n) is 11.4. The maximum absolute atomic E-state index is 3.52. The number of nitrogens with zero attached hydrogens (tertiary/aromatic N) is 1. The highest BCUT2D eigenvalue weighted by atomic mass is 15.1. The first-order chi connectivity index (χ1) is 7.17. The number of nitrogens with one attached hydrogen (secondary N) is 1. The van der Waals surface area contributed by atoms with Gasteiger partial charge in [0.25, 0.3) is 0 Å². The molecule has 15 heavy (non-hydrogen) atoms. The van der Waals surface area contributed by atoms with E-state index in [4.69, 9.17) is 0 Å². The second kappa shape index (κ2) is 8.12. The van der Waals surface area contributed by atoms with Crippen molar-refractivity contribution in [2.45, 2.75) is 47.5 Å². The highest BCUT2D eigenvalue weighted by molar-refractivity contribution is 4.82. The van der Waals surface area contributed by atoms with Crippen LogP contribution in [0.4, 0.5) is 0 Å². The molecular weight excluding hydrogens is 184 g/mol. The van der Waals surface area contributed by atoms with Crippen molar-refractivity contribution in [2.75, 3.05) is 32.7 Å². The van der Waals surface area contributed by atoms with Crippen molar-refractivity contribution in [2.24, 2.45) is 5.41 Å². The molecule has 0 atom stereocenters. The lowest BCUT2D eigenvalue weighted by atomic mass is 9.81. The van der Waals surface area contributed by atoms with Crippen molar-refractivity contribution in [3.8, 4) is 0 Å². The Hall–Kier alpha value is -0.0800. The van der Waals surface area contributed by atoms with Crippen molar-refractivity contribution in [3.05, 3.63) is 0 Å². The van der Waals surface area contributed by atoms with E-state index >= 15 is 0 Å². The SMILES string of the molecule is CCNCC(CC)(CC)CN(CC)CC. The summed E-state index contributed by atoms with van der Waals surface area (Å²) in [7, 11) is 0. The molecule has 0 saturated carbocycles. The average molecular weight is 214 g/mol. The Labute approximate surface area is 96.4 Å². The van der Waals surface area contributed by atoms with Crippen molar-refractivity contribution in [3.63, 3.8) is 0 Å². The topological polar surface area (TPSA) is 15.3 Å². The number of rotatable bonds is 9. The Morgan fingerprint density at radius 1 is 0.933 bits per heavy atom. The van der Waals surface area contributed by atoms with Gasteiger partial charge in [0.05, 0.1) is 0 Å². The van der Waals surface area contributed by atoms with Crippen molar-refractivity contribution >= 4 is 0 Å². The Bertz CT molecular complexity index is 137. The van der Waals surface area contributed by atoms with Crippen molar-refractivity contribution in [1.82, 2.24) is 10.2 Å². The molecule has 2 heteroatoms. The molecule has 0 saturated heterocycles. The van der Waals surface area contributed by atoms with Crippen LogP contribution in [-0.4, -0.2) is 37.6 Å². The van der Waals surface area contributed by atoms with Crippen LogP contribution in [0.3, 0.4) is 0 Å². The summed E-state index contributed by atoms with van der Waals surface area (Å²) in [6, 6.07) is 0. The molecule has 0 unspecified atom stereocenters. The first-order valence-electron chi connectivity index (χ1n) is 6.61. The van der Waals surface area contributed by atoms with Crippen LogP contribution in [0.15, 0.2) is 0 Å². The quantitative estimate of drug-likeness (QED) is 0.635. The molecule has 0 radical (unpaired) electrons. The number of hydrogen-bond donors (Lipinski definition) is 1. The first-order valence-corrected chi connectivity index (χ1v) is 6.61. The monoisotopic (exact) mass is 214 g/mol. The largest absolute Gasteiger partial charge is 0.316 e. The molecule has 92 valence electrons. The van der Waals surface area contributed by atoms with Gasteiger partial charge >= 0.3 is 0 Å². The van der Waals surface area contributed by atoms with E-state index in [9.17, 15) is 0 Å². The second-order valence-electron chi connectivity index (χ2n) is 4.45. The van der Waals surface area contributed by atoms with Crippen molar-refractivity contribution < 1.29 is 0 Å². The zero-order chi connectivity index (χ0) is 11.7. The van der Waals surface area contributed by atoms with E-state index in [1.165, 1.54) is 32.5 Å². The summed E-state index contributed by atoms with van der Waals surface area (Å²) in [5.41, 5.74) is 0.474. The van der Waals surface area contributed by atoms with E-state index in [0.29, 0.717) is 5.41 Å². The van der Waals surface area contributed by atoms with Crippen LogP contribution < -0.4 is 5.32 Å². The third kappa shape index (κ3) is 4.98. The van der Waals surface area contributed by atoms with Gasteiger partial charge in [0, 0.05) is 13.1 Å². The van der Waals surface area contributed by atoms with Gasteiger partial charge in [0.15, 0.2) is 0 Å². The fourth-order valence-electron chi connectivity index (χ4n) is 2.09. The van der Waals surface area contributed by atoms with Gasteiger partial charge in [-0.1, -0.05) is 34.6 Å². The van der Waals surface area contributed by atoms with Crippen LogP contribution in [0.2, 0.25) is 0 Å². The van der Waals surface area contributed by atoms with Crippen LogP contribution in [0, 0.1) is 5.41 Å². The smallest absolute Gasteiger partial charge is 0.00497 e. The van der Waals surface area contributed by atoms with Crippen LogP contribution in [0.25, 0.3) is 0 Å². The van der Waals surface area contributed by atoms with Gasteiger partial charge in [-0.25, -0.2) is 0 Å². The molecular formula is C13H30N2. The molecule has 0 fully saturated rings. The molecule has 1 N–H and O–H groups in total. The normalized spacial score (nSPS) is 12.4. The van der Waals surface area contributed by atoms with E-state index in [1.807, 2.05) is 0 Å². The summed E-state index contributed by atoms with van der Waals surface area (Å²) < 4.78 is 0. The Kier molecular flexibility index (Phi) is 8.07. The Balaban J connectivity index is 4.32. The van der Waals surface area contributed by atoms with Gasteiger partial charge in [-0.15, -0.1) is 0 Å². The van der Waals surface area contributed by atoms with E-state index in [1.54, 1.807) is 0 Å². The minimum Gasteiger partial charge on any atom is -0.316 e. The Morgan fingerprint density at radius 2 is 1.47 bits per heavy atom.